The van der Waals surface area contributed by atoms with Crippen molar-refractivity contribution in [1.29, 1.82) is 0 Å². The fraction of sp³-hybridized carbons (Fsp3) is 0.0811. The second-order valence-electron chi connectivity index (χ2n) is 22.0. The molecule has 1 aliphatic heterocycles. The largest absolute Gasteiger partial charge is 0.456 e. The van der Waals surface area contributed by atoms with Crippen LogP contribution < -0.4 is 14.5 Å². The maximum absolute atomic E-state index is 7.16. The van der Waals surface area contributed by atoms with E-state index >= 15 is 0 Å². The van der Waals surface area contributed by atoms with E-state index in [0.717, 1.165) is 73.1 Å². The Morgan fingerprint density at radius 3 is 1.29 bits per heavy atom. The quantitative estimate of drug-likeness (QED) is 0.141. The van der Waals surface area contributed by atoms with E-state index in [2.05, 4.69) is 292 Å². The monoisotopic (exact) mass is 986 g/mol. The Labute approximate surface area is 450 Å². The standard InChI is InChI=1S/C74H54N2O/c1-73(2)64-29-15-11-26-56(64)58-39-36-51(44-66(58)73)75(68-31-17-13-24-54(68)47-20-7-5-8-21-47)50-35-34-49-42-63-60-41-38-53(46-71(60)77-70-33-19-28-61(72(63)70)62(49)43-50)76(69-32-18-14-25-55(69)48-22-9-6-10-23-48)52-37-40-59-57-27-12-16-30-65(57)74(3,4)67(59)45-52/h5-46H,1-4H3. The summed E-state index contributed by atoms with van der Waals surface area (Å²) in [6, 6.07) is 93.7. The summed E-state index contributed by atoms with van der Waals surface area (Å²) in [6.07, 6.45) is 0. The van der Waals surface area contributed by atoms with Gasteiger partial charge >= 0.3 is 0 Å². The van der Waals surface area contributed by atoms with Crippen LogP contribution in [0.3, 0.4) is 0 Å². The predicted molar refractivity (Wildman–Crippen MR) is 322 cm³/mol. The molecular weight excluding hydrogens is 933 g/mol. The number of hydrogen-bond acceptors (Lipinski definition) is 3. The van der Waals surface area contributed by atoms with Gasteiger partial charge in [0.15, 0.2) is 0 Å². The molecule has 0 amide bonds. The first-order valence-corrected chi connectivity index (χ1v) is 26.9. The van der Waals surface area contributed by atoms with Gasteiger partial charge in [-0.1, -0.05) is 204 Å². The highest BCUT2D eigenvalue weighted by atomic mass is 16.5. The third-order valence-electron chi connectivity index (χ3n) is 17.0. The zero-order chi connectivity index (χ0) is 51.6. The zero-order valence-corrected chi connectivity index (χ0v) is 43.6. The molecule has 77 heavy (non-hydrogen) atoms. The Bertz CT molecular complexity index is 4380. The van der Waals surface area contributed by atoms with Crippen molar-refractivity contribution < 1.29 is 4.74 Å². The Kier molecular flexibility index (Phi) is 9.96. The van der Waals surface area contributed by atoms with E-state index < -0.39 is 0 Å². The fourth-order valence-electron chi connectivity index (χ4n) is 13.3. The van der Waals surface area contributed by atoms with Gasteiger partial charge in [-0.25, -0.2) is 0 Å². The van der Waals surface area contributed by atoms with Gasteiger partial charge in [0.25, 0.3) is 0 Å². The summed E-state index contributed by atoms with van der Waals surface area (Å²) in [6.45, 7) is 9.43. The van der Waals surface area contributed by atoms with Crippen molar-refractivity contribution in [2.24, 2.45) is 0 Å². The molecule has 0 fully saturated rings. The van der Waals surface area contributed by atoms with Crippen LogP contribution in [0.25, 0.3) is 77.2 Å². The lowest BCUT2D eigenvalue weighted by atomic mass is 9.82. The number of anilines is 6. The second-order valence-corrected chi connectivity index (χ2v) is 22.0. The average molecular weight is 987 g/mol. The van der Waals surface area contributed by atoms with Crippen LogP contribution >= 0.6 is 0 Å². The van der Waals surface area contributed by atoms with Crippen LogP contribution in [0.4, 0.5) is 34.1 Å². The smallest absolute Gasteiger partial charge is 0.137 e. The molecule has 2 aliphatic carbocycles. The SMILES string of the molecule is CC1(C)c2ccccc2-c2ccc(N(c3ccc4c(c3)Oc3cccc5c3c-4cc3ccc(N(c4ccc6c(c4)C(C)(C)c4ccccc4-6)c4ccccc4-c4ccccc4)cc35)c3ccccc3-c3ccccc3)cc21. The highest BCUT2D eigenvalue weighted by Crippen LogP contribution is 2.56. The van der Waals surface area contributed by atoms with Crippen molar-refractivity contribution >= 4 is 55.7 Å². The van der Waals surface area contributed by atoms with Crippen LogP contribution in [0.15, 0.2) is 255 Å². The summed E-state index contributed by atoms with van der Waals surface area (Å²) >= 11 is 0. The van der Waals surface area contributed by atoms with Gasteiger partial charge < -0.3 is 14.5 Å². The normalized spacial score (nSPS) is 13.8. The number of fused-ring (bicyclic) bond motifs is 10. The van der Waals surface area contributed by atoms with Gasteiger partial charge in [-0.2, -0.15) is 0 Å². The van der Waals surface area contributed by atoms with Gasteiger partial charge in [0.1, 0.15) is 11.5 Å². The van der Waals surface area contributed by atoms with Crippen LogP contribution in [-0.2, 0) is 10.8 Å². The van der Waals surface area contributed by atoms with E-state index in [-0.39, 0.29) is 10.8 Å². The van der Waals surface area contributed by atoms with Crippen molar-refractivity contribution in [2.75, 3.05) is 9.80 Å². The van der Waals surface area contributed by atoms with Gasteiger partial charge in [-0.3, -0.25) is 0 Å². The Morgan fingerprint density at radius 1 is 0.286 bits per heavy atom. The maximum atomic E-state index is 7.16. The summed E-state index contributed by atoms with van der Waals surface area (Å²) in [7, 11) is 0. The summed E-state index contributed by atoms with van der Waals surface area (Å²) < 4.78 is 7.16. The topological polar surface area (TPSA) is 15.7 Å². The highest BCUT2D eigenvalue weighted by molar-refractivity contribution is 6.18. The lowest BCUT2D eigenvalue weighted by Gasteiger charge is -2.31. The molecule has 12 aromatic carbocycles. The highest BCUT2D eigenvalue weighted by Gasteiger charge is 2.38. The molecule has 0 saturated heterocycles. The van der Waals surface area contributed by atoms with Crippen LogP contribution in [-0.4, -0.2) is 0 Å². The lowest BCUT2D eigenvalue weighted by molar-refractivity contribution is 0.487. The Hall–Kier alpha value is -9.44. The molecule has 0 N–H and O–H groups in total. The molecule has 12 aromatic rings. The molecule has 3 nitrogen and oxygen atoms in total. The van der Waals surface area contributed by atoms with Crippen LogP contribution in [0.5, 0.6) is 11.5 Å². The fourth-order valence-corrected chi connectivity index (χ4v) is 13.3. The Morgan fingerprint density at radius 2 is 0.727 bits per heavy atom. The van der Waals surface area contributed by atoms with Crippen LogP contribution in [0, 0.1) is 0 Å². The number of rotatable bonds is 8. The van der Waals surface area contributed by atoms with Crippen molar-refractivity contribution in [3.8, 4) is 67.1 Å². The first kappa shape index (κ1) is 45.0. The number of ether oxygens (including phenoxy) is 1. The molecule has 3 heteroatoms. The molecule has 0 aromatic heterocycles. The van der Waals surface area contributed by atoms with E-state index in [1.165, 1.54) is 72.0 Å². The molecular formula is C74H54N2O. The van der Waals surface area contributed by atoms with E-state index in [4.69, 9.17) is 4.74 Å². The molecule has 0 atom stereocenters. The van der Waals surface area contributed by atoms with Crippen LogP contribution in [0.1, 0.15) is 49.9 Å². The molecule has 1 heterocycles. The number of benzene rings is 12. The first-order chi connectivity index (χ1) is 37.7. The molecule has 0 unspecified atom stereocenters. The molecule has 366 valence electrons. The number of hydrogen-bond donors (Lipinski definition) is 0. The lowest BCUT2D eigenvalue weighted by Crippen LogP contribution is -2.17. The summed E-state index contributed by atoms with van der Waals surface area (Å²) in [5.41, 5.74) is 23.8. The summed E-state index contributed by atoms with van der Waals surface area (Å²) in [5.74, 6) is 1.69. The van der Waals surface area contributed by atoms with E-state index in [1.54, 1.807) is 0 Å². The van der Waals surface area contributed by atoms with Gasteiger partial charge in [0.05, 0.1) is 11.4 Å². The van der Waals surface area contributed by atoms with Crippen molar-refractivity contribution in [2.45, 2.75) is 38.5 Å². The summed E-state index contributed by atoms with van der Waals surface area (Å²) in [4.78, 5) is 4.89. The minimum atomic E-state index is -0.158. The molecule has 0 bridgehead atoms. The zero-order valence-electron chi connectivity index (χ0n) is 43.6. The van der Waals surface area contributed by atoms with Gasteiger partial charge in [-0.15, -0.1) is 0 Å². The number of nitrogens with zero attached hydrogens (tertiary/aromatic N) is 2. The van der Waals surface area contributed by atoms with E-state index in [1.807, 2.05) is 0 Å². The van der Waals surface area contributed by atoms with E-state index in [9.17, 15) is 0 Å². The molecule has 0 radical (unpaired) electrons. The third kappa shape index (κ3) is 6.90. The van der Waals surface area contributed by atoms with Gasteiger partial charge in [0, 0.05) is 61.7 Å². The Balaban J connectivity index is 0.881. The predicted octanol–water partition coefficient (Wildman–Crippen LogP) is 20.7. The molecule has 0 spiro atoms. The van der Waals surface area contributed by atoms with Gasteiger partial charge in [0.2, 0.25) is 0 Å². The average Bonchev–Trinajstić information content (AvgIpc) is 3.89. The van der Waals surface area contributed by atoms with Crippen LogP contribution in [0.2, 0.25) is 0 Å². The summed E-state index contributed by atoms with van der Waals surface area (Å²) in [5, 5.41) is 4.63. The molecule has 0 saturated carbocycles. The minimum Gasteiger partial charge on any atom is -0.456 e. The van der Waals surface area contributed by atoms with Crippen molar-refractivity contribution in [3.63, 3.8) is 0 Å². The maximum Gasteiger partial charge on any atom is 0.137 e. The number of para-hydroxylation sites is 2. The van der Waals surface area contributed by atoms with Crippen molar-refractivity contribution in [3.05, 3.63) is 277 Å². The first-order valence-electron chi connectivity index (χ1n) is 26.9. The molecule has 15 rings (SSSR count). The van der Waals surface area contributed by atoms with E-state index in [0.29, 0.717) is 0 Å². The minimum absolute atomic E-state index is 0.152. The van der Waals surface area contributed by atoms with Crippen molar-refractivity contribution in [1.82, 2.24) is 0 Å². The van der Waals surface area contributed by atoms with Gasteiger partial charge in [-0.05, 0) is 150 Å². The second kappa shape index (κ2) is 17.0. The molecule has 3 aliphatic rings. The third-order valence-corrected chi connectivity index (χ3v) is 17.0.